The van der Waals surface area contributed by atoms with Crippen molar-refractivity contribution in [1.82, 2.24) is 14.9 Å². The van der Waals surface area contributed by atoms with Crippen LogP contribution >= 0.6 is 0 Å². The highest BCUT2D eigenvalue weighted by Gasteiger charge is 2.06. The third-order valence-electron chi connectivity index (χ3n) is 4.56. The van der Waals surface area contributed by atoms with E-state index in [1.807, 2.05) is 36.4 Å². The number of anilines is 2. The predicted octanol–water partition coefficient (Wildman–Crippen LogP) is 4.66. The van der Waals surface area contributed by atoms with Gasteiger partial charge in [-0.25, -0.2) is 9.97 Å². The van der Waals surface area contributed by atoms with Gasteiger partial charge in [0.1, 0.15) is 5.75 Å². The second kappa shape index (κ2) is 8.67. The summed E-state index contributed by atoms with van der Waals surface area (Å²) in [6.07, 6.45) is 7.04. The molecule has 0 radical (unpaired) electrons. The topological polar surface area (TPSA) is 50.3 Å². The van der Waals surface area contributed by atoms with Crippen LogP contribution in [0.2, 0.25) is 0 Å². The summed E-state index contributed by atoms with van der Waals surface area (Å²) in [5, 5.41) is 3.32. The van der Waals surface area contributed by atoms with Gasteiger partial charge in [-0.3, -0.25) is 4.90 Å². The summed E-state index contributed by atoms with van der Waals surface area (Å²) < 4.78 is 5.90. The van der Waals surface area contributed by atoms with Crippen molar-refractivity contribution >= 4 is 11.6 Å². The highest BCUT2D eigenvalue weighted by atomic mass is 16.5. The number of ether oxygens (including phenoxy) is 1. The van der Waals surface area contributed by atoms with Gasteiger partial charge in [-0.1, -0.05) is 36.4 Å². The molecule has 0 saturated heterocycles. The molecule has 0 aliphatic carbocycles. The molecule has 6 bridgehead atoms. The van der Waals surface area contributed by atoms with Crippen molar-refractivity contribution in [2.75, 3.05) is 25.5 Å². The Morgan fingerprint density at radius 2 is 1.96 bits per heavy atom. The number of hydrogen-bond acceptors (Lipinski definition) is 5. The predicted molar refractivity (Wildman–Crippen MR) is 113 cm³/mol. The Morgan fingerprint density at radius 3 is 2.93 bits per heavy atom. The van der Waals surface area contributed by atoms with E-state index in [2.05, 4.69) is 57.6 Å². The minimum absolute atomic E-state index is 0.582. The summed E-state index contributed by atoms with van der Waals surface area (Å²) in [6.45, 7) is 2.43. The summed E-state index contributed by atoms with van der Waals surface area (Å²) in [6, 6.07) is 18.3. The number of rotatable bonds is 0. The van der Waals surface area contributed by atoms with E-state index in [-0.39, 0.29) is 0 Å². The van der Waals surface area contributed by atoms with Gasteiger partial charge in [0, 0.05) is 30.5 Å². The van der Waals surface area contributed by atoms with E-state index < -0.39 is 0 Å². The lowest BCUT2D eigenvalue weighted by Gasteiger charge is -2.15. The first-order valence-corrected chi connectivity index (χ1v) is 9.52. The fraction of sp³-hybridized carbons (Fsp3) is 0.217. The van der Waals surface area contributed by atoms with Gasteiger partial charge >= 0.3 is 0 Å². The third-order valence-corrected chi connectivity index (χ3v) is 4.56. The van der Waals surface area contributed by atoms with Gasteiger partial charge in [-0.15, -0.1) is 0 Å². The zero-order valence-electron chi connectivity index (χ0n) is 16.0. The van der Waals surface area contributed by atoms with Crippen molar-refractivity contribution < 1.29 is 4.74 Å². The highest BCUT2D eigenvalue weighted by molar-refractivity contribution is 5.63. The van der Waals surface area contributed by atoms with Gasteiger partial charge < -0.3 is 10.1 Å². The Labute approximate surface area is 165 Å². The monoisotopic (exact) mass is 372 g/mol. The minimum atomic E-state index is 0.582. The maximum Gasteiger partial charge on any atom is 0.227 e. The maximum absolute atomic E-state index is 5.90. The molecule has 1 N–H and O–H groups in total. The van der Waals surface area contributed by atoms with Crippen LogP contribution in [0.3, 0.4) is 0 Å². The molecule has 4 rings (SSSR count). The van der Waals surface area contributed by atoms with Gasteiger partial charge in [0.25, 0.3) is 0 Å². The second-order valence-electron chi connectivity index (χ2n) is 6.92. The van der Waals surface area contributed by atoms with Crippen LogP contribution < -0.4 is 10.1 Å². The molecule has 142 valence electrons. The average molecular weight is 372 g/mol. The van der Waals surface area contributed by atoms with Crippen LogP contribution in [0.4, 0.5) is 11.6 Å². The normalized spacial score (nSPS) is 15.0. The molecule has 1 aliphatic rings. The van der Waals surface area contributed by atoms with Crippen molar-refractivity contribution in [3.63, 3.8) is 0 Å². The minimum Gasteiger partial charge on any atom is -0.493 e. The first-order chi connectivity index (χ1) is 13.8. The molecule has 0 unspecified atom stereocenters. The number of benzene rings is 2. The van der Waals surface area contributed by atoms with Crippen LogP contribution in [0, 0.1) is 0 Å². The Hall–Kier alpha value is -3.18. The Morgan fingerprint density at radius 1 is 1.04 bits per heavy atom. The van der Waals surface area contributed by atoms with Gasteiger partial charge in [-0.2, -0.15) is 0 Å². The van der Waals surface area contributed by atoms with Crippen LogP contribution in [-0.2, 0) is 6.54 Å². The highest BCUT2D eigenvalue weighted by Crippen LogP contribution is 2.24. The largest absolute Gasteiger partial charge is 0.493 e. The number of fused-ring (bicyclic) bond motifs is 7. The van der Waals surface area contributed by atoms with E-state index in [1.165, 1.54) is 5.56 Å². The molecule has 2 aromatic carbocycles. The zero-order chi connectivity index (χ0) is 19.2. The molecule has 0 spiro atoms. The van der Waals surface area contributed by atoms with E-state index in [0.717, 1.165) is 42.2 Å². The SMILES string of the molecule is CN1CC=CCCOc2cccc(c2)-c2ccnc(n2)Nc2cccc(c2)C1. The van der Waals surface area contributed by atoms with Crippen LogP contribution in [0.15, 0.2) is 72.9 Å². The molecule has 0 saturated carbocycles. The summed E-state index contributed by atoms with van der Waals surface area (Å²) in [5.41, 5.74) is 4.10. The van der Waals surface area contributed by atoms with Crippen LogP contribution in [0.5, 0.6) is 5.75 Å². The Kier molecular flexibility index (Phi) is 5.64. The number of likely N-dealkylation sites (N-methyl/N-ethyl adjacent to an activating group) is 1. The fourth-order valence-corrected chi connectivity index (χ4v) is 3.19. The lowest BCUT2D eigenvalue weighted by molar-refractivity contribution is 0.324. The Bertz CT molecular complexity index is 970. The van der Waals surface area contributed by atoms with E-state index in [9.17, 15) is 0 Å². The first kappa shape index (κ1) is 18.2. The van der Waals surface area contributed by atoms with Gasteiger partial charge in [0.15, 0.2) is 0 Å². The molecule has 0 amide bonds. The molecule has 1 aromatic heterocycles. The molecule has 28 heavy (non-hydrogen) atoms. The van der Waals surface area contributed by atoms with E-state index in [4.69, 9.17) is 4.74 Å². The Balaban J connectivity index is 1.67. The van der Waals surface area contributed by atoms with Gasteiger partial charge in [0.05, 0.1) is 12.3 Å². The molecule has 3 aromatic rings. The molecular formula is C23H24N4O. The van der Waals surface area contributed by atoms with Crippen molar-refractivity contribution in [3.8, 4) is 17.0 Å². The lowest BCUT2D eigenvalue weighted by Crippen LogP contribution is -2.17. The maximum atomic E-state index is 5.90. The molecular weight excluding hydrogens is 348 g/mol. The summed E-state index contributed by atoms with van der Waals surface area (Å²) in [5.74, 6) is 1.43. The van der Waals surface area contributed by atoms with E-state index in [0.29, 0.717) is 12.6 Å². The lowest BCUT2D eigenvalue weighted by atomic mass is 10.1. The molecule has 5 heteroatoms. The smallest absolute Gasteiger partial charge is 0.227 e. The number of nitrogens with zero attached hydrogens (tertiary/aromatic N) is 3. The third kappa shape index (κ3) is 4.75. The number of nitrogens with one attached hydrogen (secondary N) is 1. The first-order valence-electron chi connectivity index (χ1n) is 9.52. The van der Waals surface area contributed by atoms with Crippen molar-refractivity contribution in [3.05, 3.63) is 78.5 Å². The van der Waals surface area contributed by atoms with Crippen molar-refractivity contribution in [2.24, 2.45) is 0 Å². The number of aromatic nitrogens is 2. The number of hydrogen-bond donors (Lipinski definition) is 1. The van der Waals surface area contributed by atoms with Crippen LogP contribution in [0.1, 0.15) is 12.0 Å². The van der Waals surface area contributed by atoms with Gasteiger partial charge in [-0.05, 0) is 49.4 Å². The second-order valence-corrected chi connectivity index (χ2v) is 6.92. The van der Waals surface area contributed by atoms with E-state index in [1.54, 1.807) is 6.20 Å². The quantitative estimate of drug-likeness (QED) is 0.582. The standard InChI is InChI=1S/C23H24N4O/c1-27-13-3-2-4-14-28-21-10-6-8-19(16-21)22-11-12-24-23(26-22)25-20-9-5-7-18(15-20)17-27/h2-3,5-12,15-16H,4,13-14,17H2,1H3,(H,24,25,26). The molecule has 0 fully saturated rings. The van der Waals surface area contributed by atoms with Crippen molar-refractivity contribution in [2.45, 2.75) is 13.0 Å². The van der Waals surface area contributed by atoms with E-state index >= 15 is 0 Å². The molecule has 0 atom stereocenters. The molecule has 5 nitrogen and oxygen atoms in total. The summed E-state index contributed by atoms with van der Waals surface area (Å²) in [7, 11) is 2.12. The van der Waals surface area contributed by atoms with Crippen LogP contribution in [0.25, 0.3) is 11.3 Å². The summed E-state index contributed by atoms with van der Waals surface area (Å²) >= 11 is 0. The van der Waals surface area contributed by atoms with Crippen molar-refractivity contribution in [1.29, 1.82) is 0 Å². The zero-order valence-corrected chi connectivity index (χ0v) is 16.0. The molecule has 2 heterocycles. The van der Waals surface area contributed by atoms with Crippen LogP contribution in [-0.4, -0.2) is 35.1 Å². The van der Waals surface area contributed by atoms with Gasteiger partial charge in [0.2, 0.25) is 5.95 Å². The fourth-order valence-electron chi connectivity index (χ4n) is 3.19. The molecule has 1 aliphatic heterocycles. The average Bonchev–Trinajstić information content (AvgIpc) is 2.71. The summed E-state index contributed by atoms with van der Waals surface area (Å²) in [4.78, 5) is 11.3.